The molecule has 0 aliphatic heterocycles. The molecular formula is C10H16O3. The van der Waals surface area contributed by atoms with Gasteiger partial charge in [0.05, 0.1) is 12.0 Å². The number of carboxylic acids is 1. The van der Waals surface area contributed by atoms with Gasteiger partial charge in [-0.1, -0.05) is 12.2 Å². The first kappa shape index (κ1) is 10.3. The summed E-state index contributed by atoms with van der Waals surface area (Å²) in [6, 6.07) is 0. The van der Waals surface area contributed by atoms with Gasteiger partial charge in [0, 0.05) is 0 Å². The highest BCUT2D eigenvalue weighted by atomic mass is 16.4. The van der Waals surface area contributed by atoms with E-state index in [1.165, 1.54) is 0 Å². The molecule has 1 aliphatic carbocycles. The highest BCUT2D eigenvalue weighted by Gasteiger charge is 2.33. The summed E-state index contributed by atoms with van der Waals surface area (Å²) < 4.78 is 0. The summed E-state index contributed by atoms with van der Waals surface area (Å²) in [6.45, 7) is 5.75. The van der Waals surface area contributed by atoms with Crippen LogP contribution in [-0.2, 0) is 4.79 Å². The average Bonchev–Trinajstić information content (AvgIpc) is 2.03. The second kappa shape index (κ2) is 3.92. The number of hydrogen-bond acceptors (Lipinski definition) is 2. The number of aliphatic hydroxyl groups is 1. The lowest BCUT2D eigenvalue weighted by Crippen LogP contribution is -2.34. The minimum absolute atomic E-state index is 0.297. The van der Waals surface area contributed by atoms with Gasteiger partial charge in [0.15, 0.2) is 0 Å². The standard InChI is InChI=1S/C10H16O3/c1-6(2)7-3-4-8(10(12)13)9(11)5-7/h7-9,11H,1,3-5H2,2H3,(H,12,13). The third kappa shape index (κ3) is 2.31. The van der Waals surface area contributed by atoms with Crippen LogP contribution in [0.2, 0.25) is 0 Å². The van der Waals surface area contributed by atoms with Gasteiger partial charge in [0.1, 0.15) is 0 Å². The average molecular weight is 184 g/mol. The van der Waals surface area contributed by atoms with E-state index in [9.17, 15) is 9.90 Å². The first-order chi connectivity index (χ1) is 6.02. The van der Waals surface area contributed by atoms with Gasteiger partial charge in [-0.15, -0.1) is 0 Å². The van der Waals surface area contributed by atoms with Gasteiger partial charge in [0.2, 0.25) is 0 Å². The smallest absolute Gasteiger partial charge is 0.309 e. The number of aliphatic carboxylic acids is 1. The molecule has 74 valence electrons. The topological polar surface area (TPSA) is 57.5 Å². The second-order valence-corrected chi connectivity index (χ2v) is 3.87. The van der Waals surface area contributed by atoms with Crippen LogP contribution in [0.3, 0.4) is 0 Å². The lowest BCUT2D eigenvalue weighted by atomic mass is 9.77. The lowest BCUT2D eigenvalue weighted by Gasteiger charge is -2.30. The molecule has 0 amide bonds. The van der Waals surface area contributed by atoms with Crippen molar-refractivity contribution in [3.05, 3.63) is 12.2 Å². The molecule has 13 heavy (non-hydrogen) atoms. The van der Waals surface area contributed by atoms with Crippen LogP contribution in [-0.4, -0.2) is 22.3 Å². The summed E-state index contributed by atoms with van der Waals surface area (Å²) in [5, 5.41) is 18.3. The van der Waals surface area contributed by atoms with E-state index in [1.807, 2.05) is 6.92 Å². The normalized spacial score (nSPS) is 34.2. The van der Waals surface area contributed by atoms with Crippen LogP contribution < -0.4 is 0 Å². The molecule has 1 saturated carbocycles. The minimum atomic E-state index is -0.882. The van der Waals surface area contributed by atoms with Crippen LogP contribution in [0.25, 0.3) is 0 Å². The van der Waals surface area contributed by atoms with Gasteiger partial charge in [0.25, 0.3) is 0 Å². The Bertz CT molecular complexity index is 222. The highest BCUT2D eigenvalue weighted by molar-refractivity contribution is 5.70. The number of hydrogen-bond donors (Lipinski definition) is 2. The van der Waals surface area contributed by atoms with Crippen molar-refractivity contribution >= 4 is 5.97 Å². The summed E-state index contributed by atoms with van der Waals surface area (Å²) >= 11 is 0. The molecule has 3 atom stereocenters. The number of aliphatic hydroxyl groups excluding tert-OH is 1. The molecule has 0 saturated heterocycles. The SMILES string of the molecule is C=C(C)C1CCC(C(=O)O)C(O)C1. The van der Waals surface area contributed by atoms with Gasteiger partial charge in [-0.3, -0.25) is 4.79 Å². The Morgan fingerprint density at radius 2 is 2.08 bits per heavy atom. The van der Waals surface area contributed by atoms with Crippen molar-refractivity contribution in [2.45, 2.75) is 32.3 Å². The largest absolute Gasteiger partial charge is 0.481 e. The third-order valence-corrected chi connectivity index (χ3v) is 2.83. The van der Waals surface area contributed by atoms with E-state index in [1.54, 1.807) is 0 Å². The van der Waals surface area contributed by atoms with Crippen molar-refractivity contribution in [3.8, 4) is 0 Å². The molecule has 0 bridgehead atoms. The van der Waals surface area contributed by atoms with Crippen molar-refractivity contribution in [2.75, 3.05) is 0 Å². The van der Waals surface area contributed by atoms with Crippen LogP contribution in [0, 0.1) is 11.8 Å². The molecule has 1 rings (SSSR count). The highest BCUT2D eigenvalue weighted by Crippen LogP contribution is 2.32. The number of carbonyl (C=O) groups is 1. The Labute approximate surface area is 78.1 Å². The van der Waals surface area contributed by atoms with E-state index in [0.717, 1.165) is 12.0 Å². The second-order valence-electron chi connectivity index (χ2n) is 3.87. The van der Waals surface area contributed by atoms with E-state index >= 15 is 0 Å². The summed E-state index contributed by atoms with van der Waals surface area (Å²) in [7, 11) is 0. The van der Waals surface area contributed by atoms with Crippen LogP contribution in [0.4, 0.5) is 0 Å². The molecule has 0 aromatic carbocycles. The molecule has 0 aromatic heterocycles. The fourth-order valence-corrected chi connectivity index (χ4v) is 1.88. The molecule has 0 radical (unpaired) electrons. The first-order valence-corrected chi connectivity index (χ1v) is 4.58. The number of rotatable bonds is 2. The number of carboxylic acid groups (broad SMARTS) is 1. The van der Waals surface area contributed by atoms with Crippen LogP contribution in [0.5, 0.6) is 0 Å². The van der Waals surface area contributed by atoms with E-state index < -0.39 is 18.0 Å². The molecule has 1 fully saturated rings. The van der Waals surface area contributed by atoms with Crippen molar-refractivity contribution in [1.82, 2.24) is 0 Å². The maximum absolute atomic E-state index is 10.7. The first-order valence-electron chi connectivity index (χ1n) is 4.58. The summed E-state index contributed by atoms with van der Waals surface area (Å²) in [4.78, 5) is 10.7. The van der Waals surface area contributed by atoms with Gasteiger partial charge in [-0.2, -0.15) is 0 Å². The van der Waals surface area contributed by atoms with Crippen molar-refractivity contribution in [1.29, 1.82) is 0 Å². The zero-order valence-corrected chi connectivity index (χ0v) is 7.86. The van der Waals surface area contributed by atoms with E-state index in [4.69, 9.17) is 5.11 Å². The van der Waals surface area contributed by atoms with Crippen molar-refractivity contribution in [2.24, 2.45) is 11.8 Å². The van der Waals surface area contributed by atoms with E-state index in [0.29, 0.717) is 18.8 Å². The van der Waals surface area contributed by atoms with E-state index in [-0.39, 0.29) is 0 Å². The summed E-state index contributed by atoms with van der Waals surface area (Å²) in [5.74, 6) is -1.16. The fourth-order valence-electron chi connectivity index (χ4n) is 1.88. The molecule has 2 N–H and O–H groups in total. The van der Waals surface area contributed by atoms with Crippen LogP contribution in [0.1, 0.15) is 26.2 Å². The van der Waals surface area contributed by atoms with Crippen LogP contribution in [0.15, 0.2) is 12.2 Å². The molecule has 3 nitrogen and oxygen atoms in total. The van der Waals surface area contributed by atoms with Gasteiger partial charge >= 0.3 is 5.97 Å². The molecule has 1 aliphatic rings. The molecule has 0 spiro atoms. The molecule has 0 aromatic rings. The number of allylic oxidation sites excluding steroid dienone is 1. The minimum Gasteiger partial charge on any atom is -0.481 e. The Kier molecular flexibility index (Phi) is 3.09. The molecule has 3 unspecified atom stereocenters. The third-order valence-electron chi connectivity index (χ3n) is 2.83. The Morgan fingerprint density at radius 1 is 1.46 bits per heavy atom. The predicted octanol–water partition coefficient (Wildman–Crippen LogP) is 1.42. The quantitative estimate of drug-likeness (QED) is 0.638. The summed E-state index contributed by atoms with van der Waals surface area (Å²) in [5.41, 5.74) is 1.04. The van der Waals surface area contributed by atoms with Crippen molar-refractivity contribution < 1.29 is 15.0 Å². The maximum atomic E-state index is 10.7. The van der Waals surface area contributed by atoms with E-state index in [2.05, 4.69) is 6.58 Å². The Balaban J connectivity index is 2.56. The zero-order chi connectivity index (χ0) is 10.0. The fraction of sp³-hybridized carbons (Fsp3) is 0.700. The van der Waals surface area contributed by atoms with Gasteiger partial charge < -0.3 is 10.2 Å². The van der Waals surface area contributed by atoms with Gasteiger partial charge in [-0.25, -0.2) is 0 Å². The molecular weight excluding hydrogens is 168 g/mol. The lowest BCUT2D eigenvalue weighted by molar-refractivity contribution is -0.147. The predicted molar refractivity (Wildman–Crippen MR) is 49.3 cm³/mol. The molecule has 0 heterocycles. The Hall–Kier alpha value is -0.830. The summed E-state index contributed by atoms with van der Waals surface area (Å²) in [6.07, 6.45) is 1.25. The zero-order valence-electron chi connectivity index (χ0n) is 7.86. The molecule has 3 heteroatoms. The maximum Gasteiger partial charge on any atom is 0.309 e. The monoisotopic (exact) mass is 184 g/mol. The van der Waals surface area contributed by atoms with Crippen LogP contribution >= 0.6 is 0 Å². The Morgan fingerprint density at radius 3 is 2.46 bits per heavy atom. The van der Waals surface area contributed by atoms with Gasteiger partial charge in [-0.05, 0) is 32.1 Å². The van der Waals surface area contributed by atoms with Crippen molar-refractivity contribution in [3.63, 3.8) is 0 Å².